The average molecular weight is 585 g/mol. The van der Waals surface area contributed by atoms with Crippen LogP contribution in [0.1, 0.15) is 74.6 Å². The van der Waals surface area contributed by atoms with Gasteiger partial charge in [-0.1, -0.05) is 24.6 Å². The molecule has 3 saturated heterocycles. The van der Waals surface area contributed by atoms with Crippen molar-refractivity contribution in [3.05, 3.63) is 54.1 Å². The lowest BCUT2D eigenvalue weighted by molar-refractivity contribution is 0.0792. The van der Waals surface area contributed by atoms with Crippen molar-refractivity contribution in [2.75, 3.05) is 75.3 Å². The van der Waals surface area contributed by atoms with Gasteiger partial charge in [0.25, 0.3) is 5.91 Å². The van der Waals surface area contributed by atoms with Crippen molar-refractivity contribution in [1.29, 1.82) is 0 Å². The number of para-hydroxylation sites is 1. The first-order valence-corrected chi connectivity index (χ1v) is 16.8. The number of nitrogens with zero attached hydrogens (tertiary/aromatic N) is 6. The Labute approximate surface area is 257 Å². The van der Waals surface area contributed by atoms with E-state index >= 15 is 0 Å². The van der Waals surface area contributed by atoms with Gasteiger partial charge >= 0.3 is 0 Å². The molecule has 0 aliphatic carbocycles. The maximum Gasteiger partial charge on any atom is 0.253 e. The van der Waals surface area contributed by atoms with E-state index in [0.29, 0.717) is 18.7 Å². The van der Waals surface area contributed by atoms with Crippen LogP contribution in [0.2, 0.25) is 0 Å². The topological polar surface area (TPSA) is 65.0 Å². The number of ether oxygens (including phenoxy) is 1. The fraction of sp³-hybridized carbons (Fsp3) is 0.571. The number of hydrogen-bond donors (Lipinski definition) is 0. The molecule has 43 heavy (non-hydrogen) atoms. The number of aromatic nitrogens is 2. The second-order valence-corrected chi connectivity index (χ2v) is 12.4. The number of carbonyl (C=O) groups excluding carboxylic acids is 1. The minimum Gasteiger partial charge on any atom is -0.492 e. The lowest BCUT2D eigenvalue weighted by Gasteiger charge is -2.30. The van der Waals surface area contributed by atoms with Crippen LogP contribution in [0.4, 0.5) is 11.8 Å². The molecule has 3 aliphatic rings. The van der Waals surface area contributed by atoms with Crippen molar-refractivity contribution in [3.63, 3.8) is 0 Å². The van der Waals surface area contributed by atoms with Gasteiger partial charge in [-0.05, 0) is 108 Å². The average Bonchev–Trinajstić information content (AvgIpc) is 3.61. The quantitative estimate of drug-likeness (QED) is 0.242. The van der Waals surface area contributed by atoms with Crippen molar-refractivity contribution in [1.82, 2.24) is 19.8 Å². The molecule has 1 aromatic heterocycles. The zero-order valence-corrected chi connectivity index (χ0v) is 25.8. The Morgan fingerprint density at radius 3 is 2.33 bits per heavy atom. The number of unbranched alkanes of at least 4 members (excludes halogenated alkanes) is 1. The van der Waals surface area contributed by atoms with Gasteiger partial charge in [0.15, 0.2) is 0 Å². The first kappa shape index (κ1) is 29.7. The van der Waals surface area contributed by atoms with Crippen LogP contribution in [-0.4, -0.2) is 91.2 Å². The summed E-state index contributed by atoms with van der Waals surface area (Å²) < 4.78 is 6.30. The normalized spacial score (nSPS) is 17.9. The van der Waals surface area contributed by atoms with E-state index in [9.17, 15) is 4.79 Å². The fourth-order valence-electron chi connectivity index (χ4n) is 6.76. The molecule has 230 valence electrons. The Hall–Kier alpha value is -3.39. The largest absolute Gasteiger partial charge is 0.492 e. The summed E-state index contributed by atoms with van der Waals surface area (Å²) in [5.74, 6) is 2.71. The molecule has 0 unspecified atom stereocenters. The molecule has 4 heterocycles. The molecular formula is C35H48N6O2. The molecule has 3 fully saturated rings. The second kappa shape index (κ2) is 14.9. The van der Waals surface area contributed by atoms with Gasteiger partial charge in [-0.2, -0.15) is 4.98 Å². The number of benzene rings is 2. The smallest absolute Gasteiger partial charge is 0.253 e. The Morgan fingerprint density at radius 1 is 0.767 bits per heavy atom. The number of likely N-dealkylation sites (tertiary alicyclic amines) is 2. The second-order valence-electron chi connectivity index (χ2n) is 12.4. The highest BCUT2D eigenvalue weighted by atomic mass is 16.5. The first-order valence-electron chi connectivity index (χ1n) is 16.8. The minimum absolute atomic E-state index is 0.107. The molecule has 2 aromatic carbocycles. The van der Waals surface area contributed by atoms with Crippen LogP contribution in [-0.2, 0) is 0 Å². The predicted octanol–water partition coefficient (Wildman–Crippen LogP) is 6.01. The van der Waals surface area contributed by atoms with Crippen molar-refractivity contribution < 1.29 is 9.53 Å². The van der Waals surface area contributed by atoms with E-state index in [1.54, 1.807) is 0 Å². The Balaban J connectivity index is 1.18. The maximum absolute atomic E-state index is 13.0. The number of fused-ring (bicyclic) bond motifs is 1. The summed E-state index contributed by atoms with van der Waals surface area (Å²) in [6.45, 7) is 9.55. The van der Waals surface area contributed by atoms with Gasteiger partial charge in [0.1, 0.15) is 18.2 Å². The number of hydrogen-bond acceptors (Lipinski definition) is 7. The van der Waals surface area contributed by atoms with Crippen LogP contribution in [0.5, 0.6) is 5.75 Å². The standard InChI is InChI=1S/C35H48N6O2/c42-34(40-22-11-12-23-40)29-14-13-15-30(28-29)43-27-26-39(21-10-9-20-38-18-5-1-6-19-38)33-31-16-3-4-17-32(31)36-35(37-33)41-24-7-2-8-25-41/h3-4,13-17,28H,1-2,5-12,18-27H2. The summed E-state index contributed by atoms with van der Waals surface area (Å²) in [6, 6.07) is 16.1. The van der Waals surface area contributed by atoms with Crippen LogP contribution in [0, 0.1) is 0 Å². The molecule has 0 saturated carbocycles. The van der Waals surface area contributed by atoms with E-state index in [1.807, 2.05) is 29.2 Å². The summed E-state index contributed by atoms with van der Waals surface area (Å²) >= 11 is 0. The molecule has 0 atom stereocenters. The third-order valence-corrected chi connectivity index (χ3v) is 9.21. The van der Waals surface area contributed by atoms with Crippen LogP contribution in [0.3, 0.4) is 0 Å². The number of anilines is 2. The zero-order valence-electron chi connectivity index (χ0n) is 25.8. The van der Waals surface area contributed by atoms with Gasteiger partial charge in [0, 0.05) is 43.7 Å². The molecule has 8 heteroatoms. The lowest BCUT2D eigenvalue weighted by atomic mass is 10.1. The molecule has 0 radical (unpaired) electrons. The molecule has 0 N–H and O–H groups in total. The van der Waals surface area contributed by atoms with Gasteiger partial charge in [0.2, 0.25) is 5.95 Å². The Kier molecular flexibility index (Phi) is 10.3. The zero-order chi connectivity index (χ0) is 29.3. The number of rotatable bonds is 12. The van der Waals surface area contributed by atoms with Crippen molar-refractivity contribution in [2.24, 2.45) is 0 Å². The number of piperidine rings is 2. The van der Waals surface area contributed by atoms with Gasteiger partial charge < -0.3 is 24.3 Å². The van der Waals surface area contributed by atoms with Gasteiger partial charge in [-0.15, -0.1) is 0 Å². The fourth-order valence-corrected chi connectivity index (χ4v) is 6.76. The summed E-state index contributed by atoms with van der Waals surface area (Å²) in [5, 5.41) is 1.09. The highest BCUT2D eigenvalue weighted by molar-refractivity contribution is 5.94. The van der Waals surface area contributed by atoms with E-state index < -0.39 is 0 Å². The monoisotopic (exact) mass is 584 g/mol. The molecule has 0 spiro atoms. The first-order chi connectivity index (χ1) is 21.2. The summed E-state index contributed by atoms with van der Waals surface area (Å²) in [4.78, 5) is 32.5. The molecule has 3 aliphatic heterocycles. The maximum atomic E-state index is 13.0. The van der Waals surface area contributed by atoms with Crippen LogP contribution >= 0.6 is 0 Å². The molecule has 3 aromatic rings. The molecule has 6 rings (SSSR count). The minimum atomic E-state index is 0.107. The van der Waals surface area contributed by atoms with Crippen molar-refractivity contribution in [3.8, 4) is 5.75 Å². The summed E-state index contributed by atoms with van der Waals surface area (Å²) in [7, 11) is 0. The van der Waals surface area contributed by atoms with Crippen LogP contribution < -0.4 is 14.5 Å². The highest BCUT2D eigenvalue weighted by Gasteiger charge is 2.21. The summed E-state index contributed by atoms with van der Waals surface area (Å²) in [5.41, 5.74) is 1.71. The number of amides is 1. The molecule has 1 amide bonds. The number of carbonyl (C=O) groups is 1. The lowest BCUT2D eigenvalue weighted by Crippen LogP contribution is -2.34. The summed E-state index contributed by atoms with van der Waals surface area (Å²) in [6.07, 6.45) is 12.2. The van der Waals surface area contributed by atoms with E-state index in [-0.39, 0.29) is 5.91 Å². The van der Waals surface area contributed by atoms with Crippen molar-refractivity contribution in [2.45, 2.75) is 64.2 Å². The molecule has 8 nitrogen and oxygen atoms in total. The van der Waals surface area contributed by atoms with E-state index in [0.717, 1.165) is 80.4 Å². The predicted molar refractivity (Wildman–Crippen MR) is 174 cm³/mol. The van der Waals surface area contributed by atoms with Crippen LogP contribution in [0.25, 0.3) is 10.9 Å². The SMILES string of the molecule is O=C(c1cccc(OCCN(CCCCN2CCCCC2)c2nc(N3CCCCC3)nc3ccccc23)c1)N1CCCC1. The third kappa shape index (κ3) is 7.77. The van der Waals surface area contributed by atoms with Crippen LogP contribution in [0.15, 0.2) is 48.5 Å². The van der Waals surface area contributed by atoms with Gasteiger partial charge in [-0.25, -0.2) is 4.98 Å². The van der Waals surface area contributed by atoms with Gasteiger partial charge in [0.05, 0.1) is 12.1 Å². The van der Waals surface area contributed by atoms with Crippen molar-refractivity contribution >= 4 is 28.6 Å². The molecular weight excluding hydrogens is 536 g/mol. The Morgan fingerprint density at radius 2 is 1.51 bits per heavy atom. The van der Waals surface area contributed by atoms with Gasteiger partial charge in [-0.3, -0.25) is 4.79 Å². The highest BCUT2D eigenvalue weighted by Crippen LogP contribution is 2.28. The van der Waals surface area contributed by atoms with E-state index in [1.165, 1.54) is 64.6 Å². The van der Waals surface area contributed by atoms with E-state index in [2.05, 4.69) is 39.0 Å². The Bertz CT molecular complexity index is 1330. The molecule has 0 bridgehead atoms. The third-order valence-electron chi connectivity index (χ3n) is 9.21. The van der Waals surface area contributed by atoms with E-state index in [4.69, 9.17) is 14.7 Å².